The molecule has 1 unspecified atom stereocenters. The number of rotatable bonds is 3. The zero-order valence-electron chi connectivity index (χ0n) is 11.4. The van der Waals surface area contributed by atoms with Gasteiger partial charge in [-0.25, -0.2) is 4.79 Å². The fourth-order valence-corrected chi connectivity index (χ4v) is 1.44. The van der Waals surface area contributed by atoms with Crippen molar-refractivity contribution in [2.24, 2.45) is 7.05 Å². The molecule has 0 bridgehead atoms. The number of aryl methyl sites for hydroxylation is 1. The summed E-state index contributed by atoms with van der Waals surface area (Å²) in [5, 5.41) is 6.54. The SMILES string of the molecule is Cc1c(C(C=O)NC(=O)OC(C)(C)C)cnn1C. The van der Waals surface area contributed by atoms with Crippen LogP contribution in [0.2, 0.25) is 0 Å². The molecule has 1 aromatic heterocycles. The molecule has 1 aromatic rings. The number of ether oxygens (including phenoxy) is 1. The smallest absolute Gasteiger partial charge is 0.408 e. The molecule has 0 aliphatic heterocycles. The quantitative estimate of drug-likeness (QED) is 0.828. The molecule has 1 amide bonds. The third kappa shape index (κ3) is 3.58. The number of alkyl carbamates (subject to hydrolysis) is 1. The van der Waals surface area contributed by atoms with E-state index >= 15 is 0 Å². The van der Waals surface area contributed by atoms with Crippen molar-refractivity contribution < 1.29 is 14.3 Å². The number of carbonyl (C=O) groups is 2. The van der Waals surface area contributed by atoms with Crippen molar-refractivity contribution in [2.75, 3.05) is 0 Å². The minimum absolute atomic E-state index is 0.596. The van der Waals surface area contributed by atoms with Gasteiger partial charge in [0.1, 0.15) is 17.9 Å². The van der Waals surface area contributed by atoms with Crippen molar-refractivity contribution in [2.45, 2.75) is 39.3 Å². The van der Waals surface area contributed by atoms with Gasteiger partial charge in [-0.05, 0) is 27.7 Å². The van der Waals surface area contributed by atoms with E-state index in [-0.39, 0.29) is 0 Å². The van der Waals surface area contributed by atoms with E-state index in [0.717, 1.165) is 5.69 Å². The maximum atomic E-state index is 11.6. The van der Waals surface area contributed by atoms with Crippen molar-refractivity contribution in [1.29, 1.82) is 0 Å². The van der Waals surface area contributed by atoms with Crippen LogP contribution in [0.25, 0.3) is 0 Å². The van der Waals surface area contributed by atoms with Gasteiger partial charge in [-0.1, -0.05) is 0 Å². The van der Waals surface area contributed by atoms with Crippen LogP contribution in [0.15, 0.2) is 6.20 Å². The number of aldehydes is 1. The molecule has 0 aliphatic rings. The van der Waals surface area contributed by atoms with Gasteiger partial charge in [0, 0.05) is 18.3 Å². The van der Waals surface area contributed by atoms with Crippen molar-refractivity contribution in [3.05, 3.63) is 17.5 Å². The molecule has 1 atom stereocenters. The van der Waals surface area contributed by atoms with E-state index < -0.39 is 17.7 Å². The third-order valence-corrected chi connectivity index (χ3v) is 2.42. The van der Waals surface area contributed by atoms with Gasteiger partial charge in [0.15, 0.2) is 0 Å². The maximum Gasteiger partial charge on any atom is 0.408 e. The second kappa shape index (κ2) is 5.20. The van der Waals surface area contributed by atoms with Gasteiger partial charge >= 0.3 is 6.09 Å². The van der Waals surface area contributed by atoms with E-state index in [9.17, 15) is 9.59 Å². The Morgan fingerprint density at radius 3 is 2.56 bits per heavy atom. The summed E-state index contributed by atoms with van der Waals surface area (Å²) >= 11 is 0. The van der Waals surface area contributed by atoms with Gasteiger partial charge < -0.3 is 14.8 Å². The average Bonchev–Trinajstić information content (AvgIpc) is 2.54. The minimum Gasteiger partial charge on any atom is -0.444 e. The highest BCUT2D eigenvalue weighted by atomic mass is 16.6. The van der Waals surface area contributed by atoms with Crippen LogP contribution in [0, 0.1) is 6.92 Å². The van der Waals surface area contributed by atoms with Crippen LogP contribution in [0.4, 0.5) is 4.79 Å². The summed E-state index contributed by atoms with van der Waals surface area (Å²) in [7, 11) is 1.77. The number of aromatic nitrogens is 2. The molecule has 6 heteroatoms. The summed E-state index contributed by atoms with van der Waals surface area (Å²) in [6.07, 6.45) is 1.60. The summed E-state index contributed by atoms with van der Waals surface area (Å²) in [6.45, 7) is 7.11. The summed E-state index contributed by atoms with van der Waals surface area (Å²) in [4.78, 5) is 22.7. The van der Waals surface area contributed by atoms with Crippen LogP contribution in [0.3, 0.4) is 0 Å². The third-order valence-electron chi connectivity index (χ3n) is 2.42. The monoisotopic (exact) mass is 253 g/mol. The van der Waals surface area contributed by atoms with Crippen molar-refractivity contribution in [3.8, 4) is 0 Å². The second-order valence-electron chi connectivity index (χ2n) is 5.07. The normalized spacial score (nSPS) is 12.9. The maximum absolute atomic E-state index is 11.6. The number of hydrogen-bond donors (Lipinski definition) is 1. The van der Waals surface area contributed by atoms with E-state index in [1.807, 2.05) is 6.92 Å². The summed E-state index contributed by atoms with van der Waals surface area (Å²) < 4.78 is 6.74. The first kappa shape index (κ1) is 14.2. The van der Waals surface area contributed by atoms with Gasteiger partial charge in [0.25, 0.3) is 0 Å². The summed E-state index contributed by atoms with van der Waals surface area (Å²) in [6, 6.07) is -0.742. The van der Waals surface area contributed by atoms with E-state index in [4.69, 9.17) is 4.74 Å². The lowest BCUT2D eigenvalue weighted by molar-refractivity contribution is -0.109. The Morgan fingerprint density at radius 2 is 2.17 bits per heavy atom. The Morgan fingerprint density at radius 1 is 1.56 bits per heavy atom. The zero-order valence-corrected chi connectivity index (χ0v) is 11.4. The molecular weight excluding hydrogens is 234 g/mol. The highest BCUT2D eigenvalue weighted by molar-refractivity contribution is 5.74. The van der Waals surface area contributed by atoms with Crippen LogP contribution >= 0.6 is 0 Å². The van der Waals surface area contributed by atoms with Gasteiger partial charge in [-0.15, -0.1) is 0 Å². The Hall–Kier alpha value is -1.85. The van der Waals surface area contributed by atoms with Gasteiger partial charge in [0.2, 0.25) is 0 Å². The second-order valence-corrected chi connectivity index (χ2v) is 5.07. The molecule has 1 rings (SSSR count). The molecule has 0 fully saturated rings. The van der Waals surface area contributed by atoms with Crippen LogP contribution in [-0.4, -0.2) is 27.8 Å². The number of amides is 1. The lowest BCUT2D eigenvalue weighted by Crippen LogP contribution is -2.35. The van der Waals surface area contributed by atoms with Gasteiger partial charge in [0.05, 0.1) is 6.20 Å². The van der Waals surface area contributed by atoms with Crippen molar-refractivity contribution in [1.82, 2.24) is 15.1 Å². The topological polar surface area (TPSA) is 73.2 Å². The van der Waals surface area contributed by atoms with Crippen LogP contribution < -0.4 is 5.32 Å². The highest BCUT2D eigenvalue weighted by Crippen LogP contribution is 2.16. The predicted octanol–water partition coefficient (Wildman–Crippen LogP) is 1.49. The van der Waals surface area contributed by atoms with E-state index in [0.29, 0.717) is 11.8 Å². The van der Waals surface area contributed by atoms with Gasteiger partial charge in [-0.2, -0.15) is 5.10 Å². The summed E-state index contributed by atoms with van der Waals surface area (Å²) in [5.74, 6) is 0. The Balaban J connectivity index is 2.77. The van der Waals surface area contributed by atoms with Crippen LogP contribution in [0.1, 0.15) is 38.1 Å². The Bertz CT molecular complexity index is 446. The summed E-state index contributed by atoms with van der Waals surface area (Å²) in [5.41, 5.74) is 0.892. The fourth-order valence-electron chi connectivity index (χ4n) is 1.44. The van der Waals surface area contributed by atoms with E-state index in [1.165, 1.54) is 0 Å². The Labute approximate surface area is 106 Å². The van der Waals surface area contributed by atoms with Crippen LogP contribution in [0.5, 0.6) is 0 Å². The van der Waals surface area contributed by atoms with Gasteiger partial charge in [-0.3, -0.25) is 4.68 Å². The molecule has 0 aliphatic carbocycles. The van der Waals surface area contributed by atoms with Crippen molar-refractivity contribution >= 4 is 12.4 Å². The molecule has 0 saturated heterocycles. The molecular formula is C12H19N3O3. The Kier molecular flexibility index (Phi) is 4.11. The van der Waals surface area contributed by atoms with Crippen LogP contribution in [-0.2, 0) is 16.6 Å². The predicted molar refractivity (Wildman–Crippen MR) is 66.1 cm³/mol. The molecule has 0 radical (unpaired) electrons. The van der Waals surface area contributed by atoms with Crippen molar-refractivity contribution in [3.63, 3.8) is 0 Å². The first-order chi connectivity index (χ1) is 8.24. The molecule has 100 valence electrons. The largest absolute Gasteiger partial charge is 0.444 e. The number of hydrogen-bond acceptors (Lipinski definition) is 4. The van der Waals surface area contributed by atoms with E-state index in [2.05, 4.69) is 10.4 Å². The molecule has 0 spiro atoms. The standard InChI is InChI=1S/C12H19N3O3/c1-8-9(6-13-15(8)5)10(7-16)14-11(17)18-12(2,3)4/h6-7,10H,1-5H3,(H,14,17). The fraction of sp³-hybridized carbons (Fsp3) is 0.583. The molecule has 18 heavy (non-hydrogen) atoms. The lowest BCUT2D eigenvalue weighted by Gasteiger charge is -2.21. The molecule has 0 aromatic carbocycles. The minimum atomic E-state index is -0.742. The highest BCUT2D eigenvalue weighted by Gasteiger charge is 2.22. The average molecular weight is 253 g/mol. The number of carbonyl (C=O) groups excluding carboxylic acids is 2. The number of nitrogens with one attached hydrogen (secondary N) is 1. The molecule has 1 heterocycles. The molecule has 6 nitrogen and oxygen atoms in total. The lowest BCUT2D eigenvalue weighted by atomic mass is 10.1. The zero-order chi connectivity index (χ0) is 13.9. The molecule has 1 N–H and O–H groups in total. The number of nitrogens with zero attached hydrogens (tertiary/aromatic N) is 2. The first-order valence-electron chi connectivity index (χ1n) is 5.68. The molecule has 0 saturated carbocycles. The first-order valence-corrected chi connectivity index (χ1v) is 5.68. The van der Waals surface area contributed by atoms with E-state index in [1.54, 1.807) is 38.7 Å².